The number of likely N-dealkylation sites (N-methyl/N-ethyl adjacent to an activating group) is 1. The van der Waals surface area contributed by atoms with E-state index in [1.807, 2.05) is 0 Å². The number of benzene rings is 2. The second kappa shape index (κ2) is 8.33. The quantitative estimate of drug-likeness (QED) is 0.795. The van der Waals surface area contributed by atoms with Crippen LogP contribution in [0, 0.1) is 5.82 Å². The minimum absolute atomic E-state index is 0.111. The van der Waals surface area contributed by atoms with Crippen LogP contribution in [0.25, 0.3) is 0 Å². The lowest BCUT2D eigenvalue weighted by atomic mass is 10.2. The van der Waals surface area contributed by atoms with Crippen molar-refractivity contribution in [2.75, 3.05) is 18.9 Å². The van der Waals surface area contributed by atoms with Crippen LogP contribution in [0.1, 0.15) is 5.56 Å². The topological polar surface area (TPSA) is 66.5 Å². The molecule has 9 heteroatoms. The zero-order chi connectivity index (χ0) is 19.3. The molecule has 0 unspecified atom stereocenters. The number of anilines is 1. The van der Waals surface area contributed by atoms with Gasteiger partial charge >= 0.3 is 5.76 Å². The fraction of sp³-hybridized carbons (Fsp3) is 0.235. The average molecular weight is 386 g/mol. The number of alkyl halides is 2. The molecule has 0 radical (unpaired) electrons. The summed E-state index contributed by atoms with van der Waals surface area (Å²) in [7, 11) is -3.19. The molecule has 2 rings (SSSR count). The first-order valence-electron chi connectivity index (χ1n) is 7.54. The van der Waals surface area contributed by atoms with E-state index in [-0.39, 0.29) is 18.0 Å². The Morgan fingerprint density at radius 2 is 1.73 bits per heavy atom. The van der Waals surface area contributed by atoms with Crippen LogP contribution in [-0.2, 0) is 21.2 Å². The van der Waals surface area contributed by atoms with Crippen molar-refractivity contribution < 1.29 is 26.4 Å². The van der Waals surface area contributed by atoms with Crippen molar-refractivity contribution >= 4 is 21.4 Å². The van der Waals surface area contributed by atoms with Crippen molar-refractivity contribution in [1.29, 1.82) is 0 Å². The summed E-state index contributed by atoms with van der Waals surface area (Å²) in [6.45, 7) is 0.241. The van der Waals surface area contributed by atoms with Crippen LogP contribution in [0.2, 0.25) is 0 Å². The van der Waals surface area contributed by atoms with Gasteiger partial charge in [0.25, 0.3) is 0 Å². The molecule has 1 N–H and O–H groups in total. The Labute approximate surface area is 149 Å². The van der Waals surface area contributed by atoms with Gasteiger partial charge in [-0.3, -0.25) is 9.69 Å². The first-order chi connectivity index (χ1) is 12.2. The Hall–Kier alpha value is -2.39. The molecular formula is C17H17F3N2O3S. The van der Waals surface area contributed by atoms with E-state index in [1.54, 1.807) is 24.1 Å². The number of nitrogens with one attached hydrogen (secondary N) is 1. The minimum Gasteiger partial charge on any atom is -0.324 e. The molecule has 0 bridgehead atoms. The van der Waals surface area contributed by atoms with Gasteiger partial charge in [0.15, 0.2) is 0 Å². The smallest absolute Gasteiger partial charge is 0.324 e. The number of hydrogen-bond acceptors (Lipinski definition) is 4. The summed E-state index contributed by atoms with van der Waals surface area (Å²) < 4.78 is 61.8. The van der Waals surface area contributed by atoms with Gasteiger partial charge < -0.3 is 5.32 Å². The van der Waals surface area contributed by atoms with Crippen molar-refractivity contribution in [2.45, 2.75) is 17.2 Å². The van der Waals surface area contributed by atoms with Crippen LogP contribution >= 0.6 is 0 Å². The lowest BCUT2D eigenvalue weighted by Gasteiger charge is -2.17. The first-order valence-corrected chi connectivity index (χ1v) is 9.08. The molecule has 0 aliphatic carbocycles. The Kier molecular flexibility index (Phi) is 6.38. The highest BCUT2D eigenvalue weighted by molar-refractivity contribution is 7.91. The molecule has 0 atom stereocenters. The molecule has 1 amide bonds. The van der Waals surface area contributed by atoms with Crippen LogP contribution in [-0.4, -0.2) is 38.6 Å². The Bertz CT molecular complexity index is 871. The Morgan fingerprint density at radius 3 is 2.35 bits per heavy atom. The fourth-order valence-electron chi connectivity index (χ4n) is 2.31. The average Bonchev–Trinajstić information content (AvgIpc) is 2.57. The highest BCUT2D eigenvalue weighted by Gasteiger charge is 2.29. The second-order valence-corrected chi connectivity index (χ2v) is 7.53. The minimum atomic E-state index is -4.83. The maximum absolute atomic E-state index is 12.9. The largest absolute Gasteiger partial charge is 0.341 e. The number of halogens is 3. The predicted octanol–water partition coefficient (Wildman–Crippen LogP) is 2.89. The zero-order valence-electron chi connectivity index (χ0n) is 13.8. The van der Waals surface area contributed by atoms with Gasteiger partial charge in [-0.05, 0) is 36.9 Å². The maximum atomic E-state index is 12.9. The van der Waals surface area contributed by atoms with Gasteiger partial charge in [0.2, 0.25) is 15.7 Å². The van der Waals surface area contributed by atoms with Crippen molar-refractivity contribution in [2.24, 2.45) is 0 Å². The molecule has 0 aromatic heterocycles. The van der Waals surface area contributed by atoms with Crippen LogP contribution in [0.15, 0.2) is 53.4 Å². The number of sulfone groups is 1. The van der Waals surface area contributed by atoms with Gasteiger partial charge in [0.1, 0.15) is 5.82 Å². The molecule has 0 heterocycles. The monoisotopic (exact) mass is 386 g/mol. The maximum Gasteiger partial charge on any atom is 0.341 e. The van der Waals surface area contributed by atoms with Gasteiger partial charge in [-0.15, -0.1) is 0 Å². The molecule has 0 aliphatic heterocycles. The second-order valence-electron chi connectivity index (χ2n) is 5.65. The van der Waals surface area contributed by atoms with Gasteiger partial charge in [0, 0.05) is 6.54 Å². The third kappa shape index (κ3) is 5.06. The van der Waals surface area contributed by atoms with Crippen molar-refractivity contribution in [1.82, 2.24) is 4.90 Å². The van der Waals surface area contributed by atoms with Gasteiger partial charge in [-0.1, -0.05) is 24.3 Å². The van der Waals surface area contributed by atoms with E-state index in [0.717, 1.165) is 11.6 Å². The third-order valence-electron chi connectivity index (χ3n) is 3.48. The summed E-state index contributed by atoms with van der Waals surface area (Å²) in [5.41, 5.74) is 0.579. The number of amides is 1. The molecule has 0 fully saturated rings. The molecule has 5 nitrogen and oxygen atoms in total. The number of rotatable bonds is 7. The molecule has 2 aromatic carbocycles. The molecule has 140 valence electrons. The summed E-state index contributed by atoms with van der Waals surface area (Å²) >= 11 is 0. The van der Waals surface area contributed by atoms with E-state index < -0.39 is 26.4 Å². The molecule has 0 aliphatic rings. The van der Waals surface area contributed by atoms with E-state index in [9.17, 15) is 26.4 Å². The number of hydrogen-bond donors (Lipinski definition) is 1. The first kappa shape index (κ1) is 19.9. The highest BCUT2D eigenvalue weighted by atomic mass is 32.2. The van der Waals surface area contributed by atoms with Crippen molar-refractivity contribution in [3.05, 3.63) is 59.9 Å². The summed E-state index contributed by atoms with van der Waals surface area (Å²) in [5, 5.41) is 2.34. The zero-order valence-corrected chi connectivity index (χ0v) is 14.6. The van der Waals surface area contributed by atoms with Crippen LogP contribution in [0.4, 0.5) is 18.9 Å². The molecule has 2 aromatic rings. The molecule has 0 saturated heterocycles. The van der Waals surface area contributed by atoms with E-state index in [0.29, 0.717) is 6.54 Å². The molecule has 0 saturated carbocycles. The van der Waals surface area contributed by atoms with Crippen LogP contribution in [0.3, 0.4) is 0 Å². The summed E-state index contributed by atoms with van der Waals surface area (Å²) in [5.74, 6) is -4.51. The molecule has 0 spiro atoms. The lowest BCUT2D eigenvalue weighted by molar-refractivity contribution is -0.117. The number of carbonyl (C=O) groups is 1. The Morgan fingerprint density at radius 1 is 1.12 bits per heavy atom. The summed E-state index contributed by atoms with van der Waals surface area (Å²) in [6.07, 6.45) is 0. The van der Waals surface area contributed by atoms with E-state index in [4.69, 9.17) is 0 Å². The van der Waals surface area contributed by atoms with Gasteiger partial charge in [-0.25, -0.2) is 12.8 Å². The van der Waals surface area contributed by atoms with Crippen LogP contribution < -0.4 is 5.32 Å². The fourth-order valence-corrected chi connectivity index (χ4v) is 3.19. The van der Waals surface area contributed by atoms with Crippen molar-refractivity contribution in [3.8, 4) is 0 Å². The van der Waals surface area contributed by atoms with Gasteiger partial charge in [0.05, 0.1) is 17.1 Å². The number of carbonyl (C=O) groups excluding carboxylic acids is 1. The standard InChI is InChI=1S/C17H17F3N2O3S/c1-22(10-12-6-8-13(18)9-7-12)11-16(23)21-14-4-2-3-5-15(14)26(24,25)17(19)20/h2-9,17H,10-11H2,1H3,(H,21,23). The van der Waals surface area contributed by atoms with E-state index >= 15 is 0 Å². The lowest BCUT2D eigenvalue weighted by Crippen LogP contribution is -2.30. The molecule has 26 heavy (non-hydrogen) atoms. The van der Waals surface area contributed by atoms with Crippen molar-refractivity contribution in [3.63, 3.8) is 0 Å². The van der Waals surface area contributed by atoms with E-state index in [2.05, 4.69) is 5.32 Å². The SMILES string of the molecule is CN(CC(=O)Nc1ccccc1S(=O)(=O)C(F)F)Cc1ccc(F)cc1. The van der Waals surface area contributed by atoms with Gasteiger partial charge in [-0.2, -0.15) is 8.78 Å². The number of para-hydroxylation sites is 1. The normalized spacial score (nSPS) is 11.8. The summed E-state index contributed by atoms with van der Waals surface area (Å²) in [6, 6.07) is 10.7. The third-order valence-corrected chi connectivity index (χ3v) is 4.92. The van der Waals surface area contributed by atoms with Crippen LogP contribution in [0.5, 0.6) is 0 Å². The van der Waals surface area contributed by atoms with E-state index in [1.165, 1.54) is 30.3 Å². The Balaban J connectivity index is 2.05. The summed E-state index contributed by atoms with van der Waals surface area (Å²) in [4.78, 5) is 13.1. The number of nitrogens with zero attached hydrogens (tertiary/aromatic N) is 1. The highest BCUT2D eigenvalue weighted by Crippen LogP contribution is 2.26. The predicted molar refractivity (Wildman–Crippen MR) is 91.0 cm³/mol. The molecular weight excluding hydrogens is 369 g/mol.